The van der Waals surface area contributed by atoms with Crippen LogP contribution in [0.2, 0.25) is 0 Å². The largest absolute Gasteiger partial charge is 0.497 e. The van der Waals surface area contributed by atoms with E-state index in [0.717, 1.165) is 11.3 Å². The van der Waals surface area contributed by atoms with Crippen molar-refractivity contribution in [2.75, 3.05) is 18.7 Å². The van der Waals surface area contributed by atoms with Gasteiger partial charge < -0.3 is 20.1 Å². The summed E-state index contributed by atoms with van der Waals surface area (Å²) in [5.41, 5.74) is 0.929. The van der Waals surface area contributed by atoms with E-state index in [2.05, 4.69) is 5.32 Å². The van der Waals surface area contributed by atoms with E-state index in [1.165, 1.54) is 16.7 Å². The number of rotatable bonds is 4. The van der Waals surface area contributed by atoms with E-state index in [1.807, 2.05) is 24.3 Å². The summed E-state index contributed by atoms with van der Waals surface area (Å²) in [6.45, 7) is 0.357. The van der Waals surface area contributed by atoms with Gasteiger partial charge in [0, 0.05) is 12.3 Å². The molecule has 0 spiro atoms. The van der Waals surface area contributed by atoms with Crippen LogP contribution >= 0.6 is 11.8 Å². The molecular formula is C13H16N2O4S. The Labute approximate surface area is 121 Å². The van der Waals surface area contributed by atoms with Gasteiger partial charge in [0.25, 0.3) is 0 Å². The van der Waals surface area contributed by atoms with Crippen LogP contribution in [-0.4, -0.2) is 46.8 Å². The van der Waals surface area contributed by atoms with Gasteiger partial charge in [0.15, 0.2) is 0 Å². The number of ether oxygens (including phenoxy) is 1. The van der Waals surface area contributed by atoms with Crippen molar-refractivity contribution in [3.8, 4) is 5.75 Å². The van der Waals surface area contributed by atoms with Crippen molar-refractivity contribution in [3.05, 3.63) is 29.8 Å². The van der Waals surface area contributed by atoms with Gasteiger partial charge in [-0.3, -0.25) is 0 Å². The lowest BCUT2D eigenvalue weighted by molar-refractivity contribution is -0.140. The summed E-state index contributed by atoms with van der Waals surface area (Å²) in [7, 11) is 1.59. The number of carbonyl (C=O) groups is 2. The van der Waals surface area contributed by atoms with Crippen LogP contribution in [0.3, 0.4) is 0 Å². The Balaban J connectivity index is 1.89. The number of hydrogen-bond donors (Lipinski definition) is 2. The molecule has 1 aliphatic rings. The molecule has 1 heterocycles. The average Bonchev–Trinajstić information content (AvgIpc) is 2.95. The van der Waals surface area contributed by atoms with Crippen molar-refractivity contribution in [2.45, 2.75) is 12.6 Å². The fraction of sp³-hybridized carbons (Fsp3) is 0.385. The standard InChI is InChI=1S/C13H16N2O4S/c1-19-10-4-2-9(3-5-10)6-14-13(18)15-8-20-7-11(15)12(16)17/h2-5,11H,6-8H2,1H3,(H,14,18)(H,16,17)/t11-/m0/s1. The number of nitrogens with one attached hydrogen (secondary N) is 1. The lowest BCUT2D eigenvalue weighted by Gasteiger charge is -2.20. The van der Waals surface area contributed by atoms with E-state index >= 15 is 0 Å². The monoisotopic (exact) mass is 296 g/mol. The molecule has 108 valence electrons. The zero-order chi connectivity index (χ0) is 14.5. The van der Waals surface area contributed by atoms with Crippen molar-refractivity contribution >= 4 is 23.8 Å². The fourth-order valence-electron chi connectivity index (χ4n) is 1.87. The summed E-state index contributed by atoms with van der Waals surface area (Å²) in [5.74, 6) is 0.632. The summed E-state index contributed by atoms with van der Waals surface area (Å²) in [4.78, 5) is 24.3. The Morgan fingerprint density at radius 2 is 2.15 bits per heavy atom. The van der Waals surface area contributed by atoms with Gasteiger partial charge in [0.05, 0.1) is 13.0 Å². The summed E-state index contributed by atoms with van der Waals surface area (Å²) < 4.78 is 5.05. The molecular weight excluding hydrogens is 280 g/mol. The maximum absolute atomic E-state index is 12.0. The van der Waals surface area contributed by atoms with Crippen LogP contribution in [0, 0.1) is 0 Å². The van der Waals surface area contributed by atoms with Crippen LogP contribution < -0.4 is 10.1 Å². The molecule has 0 aromatic heterocycles. The van der Waals surface area contributed by atoms with Crippen molar-refractivity contribution < 1.29 is 19.4 Å². The highest BCUT2D eigenvalue weighted by atomic mass is 32.2. The van der Waals surface area contributed by atoms with E-state index in [0.29, 0.717) is 18.2 Å². The average molecular weight is 296 g/mol. The molecule has 1 atom stereocenters. The normalized spacial score (nSPS) is 17.9. The number of carbonyl (C=O) groups excluding carboxylic acids is 1. The summed E-state index contributed by atoms with van der Waals surface area (Å²) in [6, 6.07) is 6.24. The van der Waals surface area contributed by atoms with E-state index < -0.39 is 12.0 Å². The van der Waals surface area contributed by atoms with Crippen molar-refractivity contribution in [3.63, 3.8) is 0 Å². The van der Waals surface area contributed by atoms with Crippen LogP contribution in [0.25, 0.3) is 0 Å². The summed E-state index contributed by atoms with van der Waals surface area (Å²) >= 11 is 1.44. The molecule has 0 radical (unpaired) electrons. The second-order valence-corrected chi connectivity index (χ2v) is 5.33. The number of amides is 2. The van der Waals surface area contributed by atoms with Crippen molar-refractivity contribution in [2.24, 2.45) is 0 Å². The number of methoxy groups -OCH3 is 1. The first-order chi connectivity index (χ1) is 9.61. The zero-order valence-electron chi connectivity index (χ0n) is 11.0. The molecule has 7 heteroatoms. The predicted molar refractivity (Wildman–Crippen MR) is 75.8 cm³/mol. The number of benzene rings is 1. The Bertz CT molecular complexity index is 492. The zero-order valence-corrected chi connectivity index (χ0v) is 11.9. The third kappa shape index (κ3) is 3.36. The molecule has 1 aromatic rings. The van der Waals surface area contributed by atoms with Crippen molar-refractivity contribution in [1.82, 2.24) is 10.2 Å². The van der Waals surface area contributed by atoms with Crippen LogP contribution in [0.5, 0.6) is 5.75 Å². The van der Waals surface area contributed by atoms with Gasteiger partial charge in [-0.2, -0.15) is 0 Å². The quantitative estimate of drug-likeness (QED) is 0.877. The predicted octanol–water partition coefficient (Wildman–Crippen LogP) is 1.36. The van der Waals surface area contributed by atoms with E-state index in [1.54, 1.807) is 7.11 Å². The third-order valence-electron chi connectivity index (χ3n) is 3.03. The number of aliphatic carboxylic acids is 1. The Morgan fingerprint density at radius 3 is 2.75 bits per heavy atom. The van der Waals surface area contributed by atoms with Gasteiger partial charge in [-0.15, -0.1) is 11.8 Å². The maximum Gasteiger partial charge on any atom is 0.327 e. The topological polar surface area (TPSA) is 78.9 Å². The fourth-order valence-corrected chi connectivity index (χ4v) is 3.02. The third-order valence-corrected chi connectivity index (χ3v) is 4.04. The number of carboxylic acid groups (broad SMARTS) is 1. The van der Waals surface area contributed by atoms with Gasteiger partial charge in [0.2, 0.25) is 0 Å². The smallest absolute Gasteiger partial charge is 0.327 e. The number of hydrogen-bond acceptors (Lipinski definition) is 4. The first kappa shape index (κ1) is 14.5. The highest BCUT2D eigenvalue weighted by Crippen LogP contribution is 2.21. The van der Waals surface area contributed by atoms with Crippen LogP contribution in [0.1, 0.15) is 5.56 Å². The molecule has 1 fully saturated rings. The molecule has 0 aliphatic carbocycles. The summed E-state index contributed by atoms with van der Waals surface area (Å²) in [5, 5.41) is 11.8. The first-order valence-corrected chi connectivity index (χ1v) is 7.25. The Hall–Kier alpha value is -1.89. The van der Waals surface area contributed by atoms with Gasteiger partial charge in [-0.05, 0) is 17.7 Å². The SMILES string of the molecule is COc1ccc(CNC(=O)N2CSC[C@H]2C(=O)O)cc1. The second kappa shape index (κ2) is 6.51. The molecule has 1 aromatic carbocycles. The number of nitrogens with zero attached hydrogens (tertiary/aromatic N) is 1. The molecule has 0 bridgehead atoms. The van der Waals surface area contributed by atoms with E-state index in [4.69, 9.17) is 9.84 Å². The van der Waals surface area contributed by atoms with Crippen LogP contribution in [0.4, 0.5) is 4.79 Å². The van der Waals surface area contributed by atoms with Gasteiger partial charge in [-0.25, -0.2) is 9.59 Å². The van der Waals surface area contributed by atoms with Gasteiger partial charge in [0.1, 0.15) is 11.8 Å². The number of urea groups is 1. The first-order valence-electron chi connectivity index (χ1n) is 6.10. The number of carboxylic acids is 1. The molecule has 2 amide bonds. The minimum absolute atomic E-state index is 0.349. The Morgan fingerprint density at radius 1 is 1.45 bits per heavy atom. The molecule has 0 unspecified atom stereocenters. The lowest BCUT2D eigenvalue weighted by Crippen LogP contribution is -2.46. The minimum atomic E-state index is -0.963. The lowest BCUT2D eigenvalue weighted by atomic mass is 10.2. The van der Waals surface area contributed by atoms with E-state index in [9.17, 15) is 9.59 Å². The molecule has 1 saturated heterocycles. The molecule has 1 aliphatic heterocycles. The van der Waals surface area contributed by atoms with Crippen LogP contribution in [0.15, 0.2) is 24.3 Å². The molecule has 0 saturated carbocycles. The number of thioether (sulfide) groups is 1. The van der Waals surface area contributed by atoms with Gasteiger partial charge in [-0.1, -0.05) is 12.1 Å². The van der Waals surface area contributed by atoms with Crippen molar-refractivity contribution in [1.29, 1.82) is 0 Å². The summed E-state index contributed by atoms with van der Waals surface area (Å²) in [6.07, 6.45) is 0. The molecule has 6 nitrogen and oxygen atoms in total. The highest BCUT2D eigenvalue weighted by molar-refractivity contribution is 7.99. The second-order valence-electron chi connectivity index (χ2n) is 4.33. The highest BCUT2D eigenvalue weighted by Gasteiger charge is 2.34. The maximum atomic E-state index is 12.0. The van der Waals surface area contributed by atoms with Gasteiger partial charge >= 0.3 is 12.0 Å². The molecule has 20 heavy (non-hydrogen) atoms. The van der Waals surface area contributed by atoms with E-state index in [-0.39, 0.29) is 6.03 Å². The molecule has 2 rings (SSSR count). The minimum Gasteiger partial charge on any atom is -0.497 e. The molecule has 2 N–H and O–H groups in total. The Kier molecular flexibility index (Phi) is 4.73. The van der Waals surface area contributed by atoms with Crippen LogP contribution in [-0.2, 0) is 11.3 Å².